The molecule has 0 aliphatic rings. The van der Waals surface area contributed by atoms with Gasteiger partial charge in [0, 0.05) is 17.8 Å². The quantitative estimate of drug-likeness (QED) is 0.575. The van der Waals surface area contributed by atoms with Crippen LogP contribution in [0.2, 0.25) is 5.02 Å². The lowest BCUT2D eigenvalue weighted by Crippen LogP contribution is -2.19. The summed E-state index contributed by atoms with van der Waals surface area (Å²) in [4.78, 5) is 29.7. The van der Waals surface area contributed by atoms with Gasteiger partial charge in [0.05, 0.1) is 12.0 Å². The molecular weight excluding hydrogens is 385 g/mol. The second-order valence-corrected chi connectivity index (χ2v) is 6.49. The number of nitrogens with zero attached hydrogens (tertiary/aromatic N) is 4. The number of rotatable bonds is 3. The van der Waals surface area contributed by atoms with E-state index in [-0.39, 0.29) is 22.3 Å². The molecule has 0 saturated heterocycles. The third-order valence-corrected chi connectivity index (χ3v) is 4.38. The Morgan fingerprint density at radius 1 is 1.11 bits per heavy atom. The van der Waals surface area contributed by atoms with E-state index in [0.717, 1.165) is 0 Å². The van der Waals surface area contributed by atoms with Gasteiger partial charge in [0.1, 0.15) is 11.3 Å². The zero-order valence-corrected chi connectivity index (χ0v) is 15.3. The van der Waals surface area contributed by atoms with Crippen molar-refractivity contribution in [2.24, 2.45) is 7.05 Å². The summed E-state index contributed by atoms with van der Waals surface area (Å²) in [6.07, 6.45) is 1.33. The van der Waals surface area contributed by atoms with Crippen LogP contribution in [0.1, 0.15) is 10.5 Å². The summed E-state index contributed by atoms with van der Waals surface area (Å²) < 4.78 is 15.7. The molecule has 0 unspecified atom stereocenters. The minimum Gasteiger partial charge on any atom is -0.321 e. The van der Waals surface area contributed by atoms with Gasteiger partial charge in [-0.1, -0.05) is 11.6 Å². The first-order chi connectivity index (χ1) is 13.4. The second kappa shape index (κ2) is 6.90. The van der Waals surface area contributed by atoms with Crippen molar-refractivity contribution in [1.29, 1.82) is 0 Å². The van der Waals surface area contributed by atoms with E-state index in [4.69, 9.17) is 11.6 Å². The number of anilines is 1. The largest absolute Gasteiger partial charge is 0.321 e. The summed E-state index contributed by atoms with van der Waals surface area (Å²) in [5.74, 6) is -0.981. The molecule has 2 heterocycles. The van der Waals surface area contributed by atoms with E-state index in [2.05, 4.69) is 15.4 Å². The fourth-order valence-corrected chi connectivity index (χ4v) is 2.86. The third-order valence-electron chi connectivity index (χ3n) is 4.13. The van der Waals surface area contributed by atoms with E-state index in [1.807, 2.05) is 0 Å². The lowest BCUT2D eigenvalue weighted by molar-refractivity contribution is 0.102. The second-order valence-electron chi connectivity index (χ2n) is 6.06. The van der Waals surface area contributed by atoms with Crippen molar-refractivity contribution in [3.8, 4) is 5.69 Å². The highest BCUT2D eigenvalue weighted by Crippen LogP contribution is 2.20. The predicted molar refractivity (Wildman–Crippen MR) is 103 cm³/mol. The summed E-state index contributed by atoms with van der Waals surface area (Å²) >= 11 is 5.93. The van der Waals surface area contributed by atoms with Crippen LogP contribution in [0, 0.1) is 5.82 Å². The highest BCUT2D eigenvalue weighted by Gasteiger charge is 2.22. The number of halogens is 2. The van der Waals surface area contributed by atoms with Gasteiger partial charge in [0.25, 0.3) is 11.5 Å². The molecule has 0 saturated carbocycles. The van der Waals surface area contributed by atoms with E-state index in [1.54, 1.807) is 31.3 Å². The Bertz CT molecular complexity index is 1250. The molecule has 0 bridgehead atoms. The summed E-state index contributed by atoms with van der Waals surface area (Å²) in [5.41, 5.74) is 0.902. The van der Waals surface area contributed by atoms with Gasteiger partial charge in [-0.2, -0.15) is 5.10 Å². The van der Waals surface area contributed by atoms with Gasteiger partial charge in [0.15, 0.2) is 11.2 Å². The van der Waals surface area contributed by atoms with Crippen LogP contribution in [0.4, 0.5) is 10.1 Å². The number of carbonyl (C=O) groups is 1. The number of hydrogen-bond donors (Lipinski definition) is 1. The fraction of sp³-hybridized carbons (Fsp3) is 0.0526. The normalized spacial score (nSPS) is 11.0. The molecule has 140 valence electrons. The van der Waals surface area contributed by atoms with Gasteiger partial charge < -0.3 is 9.88 Å². The van der Waals surface area contributed by atoms with Gasteiger partial charge in [-0.3, -0.25) is 9.59 Å². The molecule has 4 rings (SSSR count). The standard InChI is InChI=1S/C19H13ClFN5O2/c1-25-10-22-15-16(18(27)23-13-6-4-12(21)5-7-13)24-26(17(15)19(25)28)14-8-2-11(20)3-9-14/h2-10H,1H3,(H,23,27). The van der Waals surface area contributed by atoms with Crippen molar-refractivity contribution in [2.45, 2.75) is 0 Å². The van der Waals surface area contributed by atoms with Crippen molar-refractivity contribution < 1.29 is 9.18 Å². The number of carbonyl (C=O) groups excluding carboxylic acids is 1. The average molecular weight is 398 g/mol. The first-order valence-corrected chi connectivity index (χ1v) is 8.59. The van der Waals surface area contributed by atoms with E-state index in [9.17, 15) is 14.0 Å². The molecule has 0 aliphatic heterocycles. The van der Waals surface area contributed by atoms with Crippen LogP contribution in [0.25, 0.3) is 16.7 Å². The minimum absolute atomic E-state index is 0.0213. The fourth-order valence-electron chi connectivity index (χ4n) is 2.73. The van der Waals surface area contributed by atoms with Crippen LogP contribution in [0.5, 0.6) is 0 Å². The van der Waals surface area contributed by atoms with Crippen LogP contribution in [0.3, 0.4) is 0 Å². The van der Waals surface area contributed by atoms with Crippen LogP contribution < -0.4 is 10.9 Å². The maximum atomic E-state index is 13.1. The first kappa shape index (κ1) is 17.9. The topological polar surface area (TPSA) is 81.8 Å². The number of benzene rings is 2. The Morgan fingerprint density at radius 2 is 1.79 bits per heavy atom. The molecule has 0 fully saturated rings. The maximum Gasteiger partial charge on any atom is 0.279 e. The molecule has 2 aromatic carbocycles. The predicted octanol–water partition coefficient (Wildman–Crippen LogP) is 3.16. The number of fused-ring (bicyclic) bond motifs is 1. The highest BCUT2D eigenvalue weighted by atomic mass is 35.5. The Labute approximate surface area is 163 Å². The van der Waals surface area contributed by atoms with Crippen LogP contribution in [-0.4, -0.2) is 25.2 Å². The summed E-state index contributed by atoms with van der Waals surface area (Å²) in [7, 11) is 1.56. The van der Waals surface area contributed by atoms with Crippen LogP contribution >= 0.6 is 11.6 Å². The Hall–Kier alpha value is -3.52. The van der Waals surface area contributed by atoms with Crippen LogP contribution in [-0.2, 0) is 7.05 Å². The Balaban J connectivity index is 1.86. The van der Waals surface area contributed by atoms with Gasteiger partial charge in [-0.25, -0.2) is 14.1 Å². The average Bonchev–Trinajstić information content (AvgIpc) is 3.07. The van der Waals surface area contributed by atoms with E-state index in [0.29, 0.717) is 16.4 Å². The van der Waals surface area contributed by atoms with Crippen molar-refractivity contribution in [2.75, 3.05) is 5.32 Å². The van der Waals surface area contributed by atoms with Gasteiger partial charge >= 0.3 is 0 Å². The zero-order chi connectivity index (χ0) is 19.8. The lowest BCUT2D eigenvalue weighted by atomic mass is 10.2. The molecule has 4 aromatic rings. The number of nitrogens with one attached hydrogen (secondary N) is 1. The van der Waals surface area contributed by atoms with Gasteiger partial charge in [-0.05, 0) is 48.5 Å². The molecule has 7 nitrogen and oxygen atoms in total. The zero-order valence-electron chi connectivity index (χ0n) is 14.6. The molecule has 0 spiro atoms. The van der Waals surface area contributed by atoms with E-state index in [1.165, 1.54) is 39.8 Å². The van der Waals surface area contributed by atoms with Crippen molar-refractivity contribution in [3.63, 3.8) is 0 Å². The van der Waals surface area contributed by atoms with Gasteiger partial charge in [-0.15, -0.1) is 0 Å². The molecule has 2 aromatic heterocycles. The maximum absolute atomic E-state index is 13.1. The monoisotopic (exact) mass is 397 g/mol. The summed E-state index contributed by atoms with van der Waals surface area (Å²) in [6.45, 7) is 0. The summed E-state index contributed by atoms with van der Waals surface area (Å²) in [5, 5.41) is 7.48. The number of aromatic nitrogens is 4. The molecule has 0 aliphatic carbocycles. The van der Waals surface area contributed by atoms with Crippen molar-refractivity contribution in [1.82, 2.24) is 19.3 Å². The van der Waals surface area contributed by atoms with E-state index < -0.39 is 11.7 Å². The molecule has 0 atom stereocenters. The molecular formula is C19H13ClFN5O2. The van der Waals surface area contributed by atoms with Crippen molar-refractivity contribution in [3.05, 3.63) is 81.7 Å². The summed E-state index contributed by atoms with van der Waals surface area (Å²) in [6, 6.07) is 12.0. The first-order valence-electron chi connectivity index (χ1n) is 8.21. The molecule has 9 heteroatoms. The number of amides is 1. The SMILES string of the molecule is Cn1cnc2c(C(=O)Nc3ccc(F)cc3)nn(-c3ccc(Cl)cc3)c2c1=O. The molecule has 1 N–H and O–H groups in total. The number of hydrogen-bond acceptors (Lipinski definition) is 4. The minimum atomic E-state index is -0.565. The number of aryl methyl sites for hydroxylation is 1. The Morgan fingerprint density at radius 3 is 2.46 bits per heavy atom. The third kappa shape index (κ3) is 3.14. The van der Waals surface area contributed by atoms with Gasteiger partial charge in [0.2, 0.25) is 0 Å². The highest BCUT2D eigenvalue weighted by molar-refractivity contribution is 6.30. The van der Waals surface area contributed by atoms with Crippen molar-refractivity contribution >= 4 is 34.2 Å². The molecule has 0 radical (unpaired) electrons. The molecule has 1 amide bonds. The molecule has 28 heavy (non-hydrogen) atoms. The lowest BCUT2D eigenvalue weighted by Gasteiger charge is -2.03. The van der Waals surface area contributed by atoms with E-state index >= 15 is 0 Å². The smallest absolute Gasteiger partial charge is 0.279 e. The van der Waals surface area contributed by atoms with Crippen LogP contribution in [0.15, 0.2) is 59.7 Å². The Kier molecular flexibility index (Phi) is 4.40.